The number of benzene rings is 2. The number of phenolic OH excluding ortho intramolecular Hbond substituents is 1. The van der Waals surface area contributed by atoms with E-state index >= 15 is 0 Å². The minimum atomic E-state index is -2.14. The summed E-state index contributed by atoms with van der Waals surface area (Å²) in [6.45, 7) is 0.459. The lowest BCUT2D eigenvalue weighted by atomic mass is 9.97. The average molecular weight is 477 g/mol. The van der Waals surface area contributed by atoms with Gasteiger partial charge in [0.25, 0.3) is 5.91 Å². The van der Waals surface area contributed by atoms with Crippen molar-refractivity contribution in [3.05, 3.63) is 94.3 Å². The van der Waals surface area contributed by atoms with E-state index in [1.807, 2.05) is 0 Å². The van der Waals surface area contributed by atoms with Gasteiger partial charge in [-0.2, -0.15) is 0 Å². The number of aryl methyl sites for hydroxylation is 1. The van der Waals surface area contributed by atoms with E-state index in [9.17, 15) is 18.7 Å². The molecule has 2 heterocycles. The maximum atomic E-state index is 14.0. The maximum absolute atomic E-state index is 14.0. The fourth-order valence-electron chi connectivity index (χ4n) is 4.69. The molecule has 1 aliphatic heterocycles. The lowest BCUT2D eigenvalue weighted by molar-refractivity contribution is 0.0937. The van der Waals surface area contributed by atoms with Crippen molar-refractivity contribution in [3.8, 4) is 17.6 Å². The SMILES string of the molecule is [2H]C([2H])([2H])N1C[C@H]2C[C@@]2(C#Cc2cc(C)nc(C(=O)NC(c3ccc(F)cc3)c3cc(F)ccc3O)c2)C1. The third-order valence-electron chi connectivity index (χ3n) is 6.57. The second kappa shape index (κ2) is 8.79. The molecule has 1 saturated carbocycles. The number of nitrogens with zero attached hydrogens (tertiary/aromatic N) is 2. The largest absolute Gasteiger partial charge is 0.508 e. The highest BCUT2D eigenvalue weighted by atomic mass is 19.1. The van der Waals surface area contributed by atoms with Crippen LogP contribution in [0.3, 0.4) is 0 Å². The highest BCUT2D eigenvalue weighted by Crippen LogP contribution is 2.56. The van der Waals surface area contributed by atoms with E-state index in [1.54, 1.807) is 13.0 Å². The number of carbonyl (C=O) groups excluding carboxylic acids is 1. The van der Waals surface area contributed by atoms with Crippen molar-refractivity contribution in [2.24, 2.45) is 11.3 Å². The summed E-state index contributed by atoms with van der Waals surface area (Å²) in [4.78, 5) is 19.1. The molecular formula is C28H25F2N3O2. The van der Waals surface area contributed by atoms with Gasteiger partial charge in [-0.05, 0) is 74.3 Å². The van der Waals surface area contributed by atoms with Crippen molar-refractivity contribution < 1.29 is 22.8 Å². The maximum Gasteiger partial charge on any atom is 0.270 e. The molecule has 1 aliphatic carbocycles. The Balaban J connectivity index is 1.41. The first-order valence-electron chi connectivity index (χ1n) is 12.8. The van der Waals surface area contributed by atoms with E-state index in [0.717, 1.165) is 18.6 Å². The van der Waals surface area contributed by atoms with Crippen LogP contribution in [0.2, 0.25) is 0 Å². The molecule has 0 bridgehead atoms. The minimum Gasteiger partial charge on any atom is -0.508 e. The number of hydrogen-bond donors (Lipinski definition) is 2. The molecule has 35 heavy (non-hydrogen) atoms. The normalized spacial score (nSPS) is 23.2. The number of nitrogens with one attached hydrogen (secondary N) is 1. The van der Waals surface area contributed by atoms with E-state index in [1.165, 1.54) is 41.3 Å². The summed E-state index contributed by atoms with van der Waals surface area (Å²) in [5.41, 5.74) is 1.37. The van der Waals surface area contributed by atoms with Gasteiger partial charge in [0.1, 0.15) is 23.1 Å². The van der Waals surface area contributed by atoms with Crippen molar-refractivity contribution in [2.75, 3.05) is 20.1 Å². The summed E-state index contributed by atoms with van der Waals surface area (Å²) in [7, 11) is 0. The van der Waals surface area contributed by atoms with Crippen LogP contribution in [0.1, 0.15) is 49.4 Å². The molecule has 0 spiro atoms. The molecule has 5 nitrogen and oxygen atoms in total. The van der Waals surface area contributed by atoms with Crippen LogP contribution in [0.15, 0.2) is 54.6 Å². The molecule has 1 saturated heterocycles. The number of rotatable bonds is 4. The topological polar surface area (TPSA) is 65.5 Å². The smallest absolute Gasteiger partial charge is 0.270 e. The number of hydrogen-bond acceptors (Lipinski definition) is 4. The summed E-state index contributed by atoms with van der Waals surface area (Å²) in [6.07, 6.45) is 0.848. The van der Waals surface area contributed by atoms with Gasteiger partial charge in [0, 0.05) is 39.4 Å². The van der Waals surface area contributed by atoms with Crippen LogP contribution in [0.25, 0.3) is 0 Å². The van der Waals surface area contributed by atoms with Gasteiger partial charge in [0.15, 0.2) is 0 Å². The summed E-state index contributed by atoms with van der Waals surface area (Å²) >= 11 is 0. The van der Waals surface area contributed by atoms with Gasteiger partial charge in [0.2, 0.25) is 0 Å². The van der Waals surface area contributed by atoms with E-state index in [-0.39, 0.29) is 28.3 Å². The number of phenols is 1. The van der Waals surface area contributed by atoms with Crippen molar-refractivity contribution in [1.82, 2.24) is 15.2 Å². The second-order valence-corrected chi connectivity index (χ2v) is 9.23. The van der Waals surface area contributed by atoms with Gasteiger partial charge < -0.3 is 15.3 Å². The van der Waals surface area contributed by atoms with Crippen molar-refractivity contribution in [3.63, 3.8) is 0 Å². The predicted molar refractivity (Wildman–Crippen MR) is 128 cm³/mol. The molecule has 178 valence electrons. The van der Waals surface area contributed by atoms with E-state index in [0.29, 0.717) is 29.9 Å². The van der Waals surface area contributed by atoms with Crippen LogP contribution in [0, 0.1) is 41.7 Å². The summed E-state index contributed by atoms with van der Waals surface area (Å²) in [5.74, 6) is 4.66. The number of halogens is 2. The molecule has 2 N–H and O–H groups in total. The summed E-state index contributed by atoms with van der Waals surface area (Å²) < 4.78 is 50.5. The zero-order chi connectivity index (χ0) is 27.2. The lowest BCUT2D eigenvalue weighted by Crippen LogP contribution is -2.30. The number of amides is 1. The lowest BCUT2D eigenvalue weighted by Gasteiger charge is -2.21. The Morgan fingerprint density at radius 2 is 2.00 bits per heavy atom. The van der Waals surface area contributed by atoms with Crippen LogP contribution >= 0.6 is 0 Å². The fourth-order valence-corrected chi connectivity index (χ4v) is 4.69. The van der Waals surface area contributed by atoms with Crippen LogP contribution in [0.4, 0.5) is 8.78 Å². The Kier molecular flexibility index (Phi) is 4.91. The second-order valence-electron chi connectivity index (χ2n) is 9.23. The highest BCUT2D eigenvalue weighted by Gasteiger charge is 2.58. The Bertz CT molecular complexity index is 1470. The number of pyridine rings is 1. The molecular weight excluding hydrogens is 448 g/mol. The van der Waals surface area contributed by atoms with Crippen LogP contribution in [-0.2, 0) is 0 Å². The molecule has 2 fully saturated rings. The van der Waals surface area contributed by atoms with Crippen LogP contribution < -0.4 is 5.32 Å². The number of piperidine rings is 1. The molecule has 2 aliphatic rings. The number of aromatic hydroxyl groups is 1. The van der Waals surface area contributed by atoms with Crippen molar-refractivity contribution in [2.45, 2.75) is 19.4 Å². The van der Waals surface area contributed by atoms with Crippen LogP contribution in [0.5, 0.6) is 5.75 Å². The van der Waals surface area contributed by atoms with Gasteiger partial charge in [-0.1, -0.05) is 24.0 Å². The van der Waals surface area contributed by atoms with Crippen molar-refractivity contribution in [1.29, 1.82) is 0 Å². The fraction of sp³-hybridized carbons (Fsp3) is 0.286. The molecule has 7 heteroatoms. The molecule has 1 amide bonds. The number of aromatic nitrogens is 1. The highest BCUT2D eigenvalue weighted by molar-refractivity contribution is 5.93. The molecule has 1 unspecified atom stereocenters. The summed E-state index contributed by atoms with van der Waals surface area (Å²) in [6, 6.07) is 11.0. The third-order valence-corrected chi connectivity index (χ3v) is 6.57. The number of fused-ring (bicyclic) bond motifs is 1. The zero-order valence-corrected chi connectivity index (χ0v) is 19.0. The zero-order valence-electron chi connectivity index (χ0n) is 22.0. The number of likely N-dealkylation sites (tertiary alicyclic amines) is 1. The third kappa shape index (κ3) is 4.75. The Hall–Kier alpha value is -3.76. The standard InChI is InChI=1S/C28H25F2N3O2/c1-17-11-18(9-10-28-14-20(28)15-33(2)16-28)12-24(31-17)27(35)32-26(19-3-5-21(29)6-4-19)23-13-22(30)7-8-25(23)34/h3-8,11-13,20,26,34H,14-16H2,1-2H3,(H,32,35)/t20-,26?,28+/m1/s1/i2D3. The average Bonchev–Trinajstić information content (AvgIpc) is 3.41. The van der Waals surface area contributed by atoms with Gasteiger partial charge >= 0.3 is 0 Å². The monoisotopic (exact) mass is 476 g/mol. The molecule has 3 atom stereocenters. The first-order valence-corrected chi connectivity index (χ1v) is 11.3. The van der Waals surface area contributed by atoms with Crippen molar-refractivity contribution >= 4 is 5.91 Å². The van der Waals surface area contributed by atoms with E-state index < -0.39 is 30.6 Å². The molecule has 5 rings (SSSR count). The summed E-state index contributed by atoms with van der Waals surface area (Å²) in [5, 5.41) is 13.2. The Morgan fingerprint density at radius 3 is 2.74 bits per heavy atom. The van der Waals surface area contributed by atoms with Gasteiger partial charge in [-0.25, -0.2) is 13.8 Å². The van der Waals surface area contributed by atoms with E-state index in [2.05, 4.69) is 22.1 Å². The van der Waals surface area contributed by atoms with Gasteiger partial charge in [0.05, 0.1) is 6.04 Å². The first kappa shape index (κ1) is 19.5. The molecule has 3 aromatic rings. The minimum absolute atomic E-state index is 0.0673. The van der Waals surface area contributed by atoms with E-state index in [4.69, 9.17) is 4.11 Å². The first-order chi connectivity index (χ1) is 17.9. The molecule has 2 aromatic carbocycles. The number of carbonyl (C=O) groups is 1. The van der Waals surface area contributed by atoms with Gasteiger partial charge in [-0.15, -0.1) is 0 Å². The Labute approximate surface area is 207 Å². The predicted octanol–water partition coefficient (Wildman–Crippen LogP) is 4.20. The molecule has 0 radical (unpaired) electrons. The van der Waals surface area contributed by atoms with Crippen LogP contribution in [-0.4, -0.2) is 41.0 Å². The molecule has 1 aromatic heterocycles. The quantitative estimate of drug-likeness (QED) is 0.554. The Morgan fingerprint density at radius 1 is 1.23 bits per heavy atom. The van der Waals surface area contributed by atoms with Gasteiger partial charge in [-0.3, -0.25) is 4.79 Å².